The molecule has 0 unspecified atom stereocenters. The summed E-state index contributed by atoms with van der Waals surface area (Å²) >= 11 is 0. The summed E-state index contributed by atoms with van der Waals surface area (Å²) in [4.78, 5) is 29.0. The normalized spacial score (nSPS) is 16.3. The third-order valence-electron chi connectivity index (χ3n) is 8.23. The molecule has 0 bridgehead atoms. The second-order valence-electron chi connectivity index (χ2n) is 11.5. The Bertz CT molecular complexity index is 1710. The fraction of sp³-hybridized carbons (Fsp3) is 0.382. The van der Waals surface area contributed by atoms with Crippen molar-refractivity contribution in [2.45, 2.75) is 12.7 Å². The third-order valence-corrected chi connectivity index (χ3v) is 8.23. The molecule has 0 radical (unpaired) electrons. The number of morpholine rings is 1. The first-order chi connectivity index (χ1) is 22.2. The van der Waals surface area contributed by atoms with E-state index in [-0.39, 0.29) is 11.7 Å². The van der Waals surface area contributed by atoms with Crippen LogP contribution in [0.25, 0.3) is 22.2 Å². The third kappa shape index (κ3) is 7.85. The maximum Gasteiger partial charge on any atom is 0.422 e. The predicted octanol–water partition coefficient (Wildman–Crippen LogP) is 4.22. The first-order valence-electron chi connectivity index (χ1n) is 15.2. The van der Waals surface area contributed by atoms with E-state index in [1.165, 1.54) is 0 Å². The fourth-order valence-corrected chi connectivity index (χ4v) is 5.62. The summed E-state index contributed by atoms with van der Waals surface area (Å²) in [5, 5.41) is 0.967. The number of fused-ring (bicyclic) bond motifs is 1. The number of ether oxygens (including phenoxy) is 2. The Labute approximate surface area is 265 Å². The highest BCUT2D eigenvalue weighted by molar-refractivity contribution is 5.99. The van der Waals surface area contributed by atoms with Crippen molar-refractivity contribution in [3.63, 3.8) is 0 Å². The number of hydrogen-bond donors (Lipinski definition) is 0. The first-order valence-corrected chi connectivity index (χ1v) is 15.2. The summed E-state index contributed by atoms with van der Waals surface area (Å²) < 4.78 is 49.3. The molecule has 4 heterocycles. The highest BCUT2D eigenvalue weighted by atomic mass is 19.4. The van der Waals surface area contributed by atoms with Crippen molar-refractivity contribution in [1.82, 2.24) is 29.2 Å². The van der Waals surface area contributed by atoms with Crippen molar-refractivity contribution in [2.75, 3.05) is 65.6 Å². The Kier molecular flexibility index (Phi) is 9.53. The number of rotatable bonds is 7. The molecule has 0 aliphatic carbocycles. The Morgan fingerprint density at radius 1 is 0.935 bits per heavy atom. The fourth-order valence-electron chi connectivity index (χ4n) is 5.62. The summed E-state index contributed by atoms with van der Waals surface area (Å²) in [5.74, 6) is 6.42. The van der Waals surface area contributed by atoms with Crippen molar-refractivity contribution in [1.29, 1.82) is 0 Å². The van der Waals surface area contributed by atoms with Crippen LogP contribution in [0.2, 0.25) is 0 Å². The number of carbonyl (C=O) groups is 1. The molecule has 2 saturated heterocycles. The van der Waals surface area contributed by atoms with E-state index in [9.17, 15) is 18.0 Å². The second-order valence-corrected chi connectivity index (χ2v) is 11.5. The van der Waals surface area contributed by atoms with E-state index >= 15 is 0 Å². The summed E-state index contributed by atoms with van der Waals surface area (Å²) in [5.41, 5.74) is 4.78. The SMILES string of the molecule is Cn1c(C(=O)N2CCN(Cc3ccc(OCC(F)(F)F)cc3)CC2)cc2ccc(-c3cnc(C#CCN4CCOCC4)cn3)cc21. The number of hydrogen-bond acceptors (Lipinski definition) is 7. The van der Waals surface area contributed by atoms with Gasteiger partial charge < -0.3 is 18.9 Å². The zero-order valence-corrected chi connectivity index (χ0v) is 25.6. The van der Waals surface area contributed by atoms with Gasteiger partial charge in [-0.2, -0.15) is 13.2 Å². The molecule has 2 aliphatic rings. The predicted molar refractivity (Wildman–Crippen MR) is 167 cm³/mol. The van der Waals surface area contributed by atoms with Crippen molar-refractivity contribution in [3.05, 3.63) is 77.9 Å². The van der Waals surface area contributed by atoms with Crippen LogP contribution in [-0.2, 0) is 18.3 Å². The number of carbonyl (C=O) groups excluding carboxylic acids is 1. The van der Waals surface area contributed by atoms with Crippen LogP contribution < -0.4 is 4.74 Å². The average Bonchev–Trinajstić information content (AvgIpc) is 3.40. The first kappa shape index (κ1) is 31.5. The Balaban J connectivity index is 1.04. The van der Waals surface area contributed by atoms with Crippen LogP contribution >= 0.6 is 0 Å². The van der Waals surface area contributed by atoms with Gasteiger partial charge in [0.05, 0.1) is 37.8 Å². The van der Waals surface area contributed by atoms with Crippen molar-refractivity contribution < 1.29 is 27.4 Å². The summed E-state index contributed by atoms with van der Waals surface area (Å²) in [6, 6.07) is 14.6. The monoisotopic (exact) mass is 632 g/mol. The molecule has 0 N–H and O–H groups in total. The Morgan fingerprint density at radius 3 is 2.39 bits per heavy atom. The quantitative estimate of drug-likeness (QED) is 0.283. The molecule has 0 spiro atoms. The molecule has 2 aromatic carbocycles. The van der Waals surface area contributed by atoms with Crippen LogP contribution in [0.3, 0.4) is 0 Å². The zero-order chi connectivity index (χ0) is 32.1. The number of benzene rings is 2. The van der Waals surface area contributed by atoms with Crippen LogP contribution in [0.1, 0.15) is 21.7 Å². The van der Waals surface area contributed by atoms with Crippen LogP contribution in [0.5, 0.6) is 5.75 Å². The zero-order valence-electron chi connectivity index (χ0n) is 25.6. The lowest BCUT2D eigenvalue weighted by Crippen LogP contribution is -2.48. The molecule has 12 heteroatoms. The van der Waals surface area contributed by atoms with Gasteiger partial charge in [-0.1, -0.05) is 30.2 Å². The van der Waals surface area contributed by atoms with Crippen molar-refractivity contribution in [2.24, 2.45) is 7.05 Å². The van der Waals surface area contributed by atoms with Gasteiger partial charge in [0, 0.05) is 69.3 Å². The maximum absolute atomic E-state index is 13.6. The van der Waals surface area contributed by atoms with Crippen molar-refractivity contribution >= 4 is 16.8 Å². The highest BCUT2D eigenvalue weighted by Gasteiger charge is 2.28. The smallest absolute Gasteiger partial charge is 0.422 e. The van der Waals surface area contributed by atoms with Gasteiger partial charge in [0.25, 0.3) is 5.91 Å². The number of halogens is 3. The molecule has 0 saturated carbocycles. The van der Waals surface area contributed by atoms with Crippen LogP contribution in [-0.4, -0.2) is 107 Å². The van der Waals surface area contributed by atoms with E-state index in [0.29, 0.717) is 50.7 Å². The van der Waals surface area contributed by atoms with Gasteiger partial charge in [0.1, 0.15) is 17.1 Å². The Hall–Kier alpha value is -4.44. The van der Waals surface area contributed by atoms with Gasteiger partial charge in [-0.3, -0.25) is 19.6 Å². The molecule has 2 aromatic heterocycles. The van der Waals surface area contributed by atoms with Crippen molar-refractivity contribution in [3.8, 4) is 28.8 Å². The lowest BCUT2D eigenvalue weighted by molar-refractivity contribution is -0.153. The van der Waals surface area contributed by atoms with E-state index in [1.54, 1.807) is 36.7 Å². The largest absolute Gasteiger partial charge is 0.484 e. The van der Waals surface area contributed by atoms with E-state index in [2.05, 4.69) is 31.6 Å². The highest BCUT2D eigenvalue weighted by Crippen LogP contribution is 2.26. The van der Waals surface area contributed by atoms with E-state index < -0.39 is 12.8 Å². The number of piperazine rings is 1. The molecule has 2 aliphatic heterocycles. The number of aryl methyl sites for hydroxylation is 1. The van der Waals surface area contributed by atoms with Crippen LogP contribution in [0.15, 0.2) is 60.9 Å². The van der Waals surface area contributed by atoms with E-state index in [0.717, 1.165) is 54.0 Å². The van der Waals surface area contributed by atoms with Gasteiger partial charge in [0.2, 0.25) is 0 Å². The lowest BCUT2D eigenvalue weighted by atomic mass is 10.1. The van der Waals surface area contributed by atoms with Crippen LogP contribution in [0, 0.1) is 11.8 Å². The molecule has 46 heavy (non-hydrogen) atoms. The molecular formula is C34H35F3N6O3. The molecule has 240 valence electrons. The standard InChI is InChI=1S/C34H35F3N6O3/c1-40-31-19-26(30-22-38-28(21-39-30)3-2-10-41-15-17-45-18-16-41)6-7-27(31)20-32(40)33(44)43-13-11-42(12-14-43)23-25-4-8-29(9-5-25)46-24-34(35,36)37/h4-9,19-22H,10-18,23-24H2,1H3. The summed E-state index contributed by atoms with van der Waals surface area (Å²) in [7, 11) is 1.90. The summed E-state index contributed by atoms with van der Waals surface area (Å²) in [6.45, 7) is 5.82. The molecule has 0 atom stereocenters. The number of alkyl halides is 3. The molecule has 6 rings (SSSR count). The second kappa shape index (κ2) is 13.9. The molecule has 2 fully saturated rings. The van der Waals surface area contributed by atoms with E-state index in [1.807, 2.05) is 40.8 Å². The number of nitrogens with zero attached hydrogens (tertiary/aromatic N) is 6. The van der Waals surface area contributed by atoms with Crippen LogP contribution in [0.4, 0.5) is 13.2 Å². The number of amides is 1. The van der Waals surface area contributed by atoms with Gasteiger partial charge in [-0.15, -0.1) is 0 Å². The molecule has 9 nitrogen and oxygen atoms in total. The van der Waals surface area contributed by atoms with Gasteiger partial charge >= 0.3 is 6.18 Å². The van der Waals surface area contributed by atoms with Gasteiger partial charge in [-0.05, 0) is 35.7 Å². The molecular weight excluding hydrogens is 597 g/mol. The summed E-state index contributed by atoms with van der Waals surface area (Å²) in [6.07, 6.45) is -0.954. The maximum atomic E-state index is 13.6. The minimum absolute atomic E-state index is 0.0223. The van der Waals surface area contributed by atoms with Gasteiger partial charge in [-0.25, -0.2) is 4.98 Å². The minimum atomic E-state index is -4.37. The lowest BCUT2D eigenvalue weighted by Gasteiger charge is -2.34. The number of aromatic nitrogens is 3. The Morgan fingerprint density at radius 2 is 1.70 bits per heavy atom. The average molecular weight is 633 g/mol. The topological polar surface area (TPSA) is 76.0 Å². The molecule has 1 amide bonds. The van der Waals surface area contributed by atoms with Gasteiger partial charge in [0.15, 0.2) is 6.61 Å². The molecule has 4 aromatic rings. The van der Waals surface area contributed by atoms with E-state index in [4.69, 9.17) is 9.47 Å². The minimum Gasteiger partial charge on any atom is -0.484 e.